The van der Waals surface area contributed by atoms with Gasteiger partial charge in [-0.25, -0.2) is 4.98 Å². The average Bonchev–Trinajstić information content (AvgIpc) is 2.29. The highest BCUT2D eigenvalue weighted by Gasteiger charge is 2.07. The van der Waals surface area contributed by atoms with Gasteiger partial charge in [0.05, 0.1) is 12.6 Å². The lowest BCUT2D eigenvalue weighted by Gasteiger charge is -2.08. The highest BCUT2D eigenvalue weighted by Crippen LogP contribution is 2.28. The highest BCUT2D eigenvalue weighted by molar-refractivity contribution is 5.93. The minimum atomic E-state index is 0.332. The van der Waals surface area contributed by atoms with Crippen LogP contribution in [0.25, 0.3) is 10.9 Å². The number of nitrogen functional groups attached to an aromatic ring is 1. The quantitative estimate of drug-likeness (QED) is 0.786. The fourth-order valence-corrected chi connectivity index (χ4v) is 1.67. The van der Waals surface area contributed by atoms with Crippen molar-refractivity contribution in [2.45, 2.75) is 6.92 Å². The van der Waals surface area contributed by atoms with E-state index in [1.165, 1.54) is 0 Å². The number of nitriles is 1. The summed E-state index contributed by atoms with van der Waals surface area (Å²) >= 11 is 0. The fourth-order valence-electron chi connectivity index (χ4n) is 1.67. The molecule has 0 aliphatic rings. The SMILES string of the molecule is COc1cc(C)c2nc(C#N)cc(N)c2c1. The van der Waals surface area contributed by atoms with Crippen LogP contribution >= 0.6 is 0 Å². The zero-order chi connectivity index (χ0) is 11.7. The number of rotatable bonds is 1. The second-order valence-electron chi connectivity index (χ2n) is 3.55. The predicted molar refractivity (Wildman–Crippen MR) is 62.2 cm³/mol. The predicted octanol–water partition coefficient (Wildman–Crippen LogP) is 2.01. The van der Waals surface area contributed by atoms with Gasteiger partial charge in [0.2, 0.25) is 0 Å². The molecule has 1 heterocycles. The van der Waals surface area contributed by atoms with Crippen molar-refractivity contribution < 1.29 is 4.74 Å². The van der Waals surface area contributed by atoms with Crippen molar-refractivity contribution in [2.24, 2.45) is 0 Å². The Balaban J connectivity index is 2.85. The molecule has 0 saturated heterocycles. The maximum Gasteiger partial charge on any atom is 0.143 e. The topological polar surface area (TPSA) is 71.9 Å². The van der Waals surface area contributed by atoms with Gasteiger partial charge in [-0.15, -0.1) is 0 Å². The van der Waals surface area contributed by atoms with Gasteiger partial charge in [0.15, 0.2) is 0 Å². The van der Waals surface area contributed by atoms with Crippen molar-refractivity contribution in [3.63, 3.8) is 0 Å². The molecule has 1 aromatic heterocycles. The van der Waals surface area contributed by atoms with Crippen LogP contribution in [-0.2, 0) is 0 Å². The molecule has 0 bridgehead atoms. The van der Waals surface area contributed by atoms with Crippen LogP contribution in [0.15, 0.2) is 18.2 Å². The molecule has 80 valence electrons. The molecule has 2 N–H and O–H groups in total. The van der Waals surface area contributed by atoms with E-state index < -0.39 is 0 Å². The van der Waals surface area contributed by atoms with E-state index in [1.54, 1.807) is 13.2 Å². The molecule has 4 heteroatoms. The average molecular weight is 213 g/mol. The third kappa shape index (κ3) is 1.52. The summed E-state index contributed by atoms with van der Waals surface area (Å²) in [4.78, 5) is 4.23. The molecular formula is C12H11N3O. The van der Waals surface area contributed by atoms with E-state index in [0.29, 0.717) is 11.4 Å². The summed E-state index contributed by atoms with van der Waals surface area (Å²) in [6.45, 7) is 1.92. The lowest BCUT2D eigenvalue weighted by atomic mass is 10.1. The van der Waals surface area contributed by atoms with Gasteiger partial charge in [0.25, 0.3) is 0 Å². The van der Waals surface area contributed by atoms with Gasteiger partial charge in [0, 0.05) is 11.1 Å². The molecule has 1 aromatic carbocycles. The van der Waals surface area contributed by atoms with E-state index in [1.807, 2.05) is 25.1 Å². The van der Waals surface area contributed by atoms with E-state index in [4.69, 9.17) is 15.7 Å². The Morgan fingerprint density at radius 1 is 1.38 bits per heavy atom. The number of anilines is 1. The van der Waals surface area contributed by atoms with E-state index in [9.17, 15) is 0 Å². The van der Waals surface area contributed by atoms with Crippen molar-refractivity contribution in [1.82, 2.24) is 4.98 Å². The van der Waals surface area contributed by atoms with Gasteiger partial charge < -0.3 is 10.5 Å². The first kappa shape index (κ1) is 10.2. The molecule has 0 aliphatic heterocycles. The number of pyridine rings is 1. The van der Waals surface area contributed by atoms with E-state index in [2.05, 4.69) is 4.98 Å². The molecule has 0 aliphatic carbocycles. The van der Waals surface area contributed by atoms with Gasteiger partial charge in [-0.2, -0.15) is 5.26 Å². The van der Waals surface area contributed by atoms with Crippen molar-refractivity contribution in [3.05, 3.63) is 29.5 Å². The Bertz CT molecular complexity index is 599. The molecule has 4 nitrogen and oxygen atoms in total. The second kappa shape index (κ2) is 3.70. The first-order valence-electron chi connectivity index (χ1n) is 4.80. The normalized spacial score (nSPS) is 10.1. The molecule has 0 radical (unpaired) electrons. The number of fused-ring (bicyclic) bond motifs is 1. The summed E-state index contributed by atoms with van der Waals surface area (Å²) in [7, 11) is 1.61. The Morgan fingerprint density at radius 3 is 2.75 bits per heavy atom. The number of aromatic nitrogens is 1. The van der Waals surface area contributed by atoms with Gasteiger partial charge in [-0.3, -0.25) is 0 Å². The van der Waals surface area contributed by atoms with Crippen molar-refractivity contribution in [3.8, 4) is 11.8 Å². The largest absolute Gasteiger partial charge is 0.497 e. The minimum absolute atomic E-state index is 0.332. The number of methoxy groups -OCH3 is 1. The number of aryl methyl sites for hydroxylation is 1. The second-order valence-corrected chi connectivity index (χ2v) is 3.55. The molecule has 0 spiro atoms. The summed E-state index contributed by atoms with van der Waals surface area (Å²) in [6, 6.07) is 7.26. The summed E-state index contributed by atoms with van der Waals surface area (Å²) in [5, 5.41) is 9.64. The lowest BCUT2D eigenvalue weighted by Crippen LogP contribution is -1.95. The third-order valence-corrected chi connectivity index (χ3v) is 2.46. The summed E-state index contributed by atoms with van der Waals surface area (Å²) in [5.74, 6) is 0.739. The van der Waals surface area contributed by atoms with E-state index in [0.717, 1.165) is 22.2 Å². The fraction of sp³-hybridized carbons (Fsp3) is 0.167. The number of nitrogens with zero attached hydrogens (tertiary/aromatic N) is 2. The Kier molecular flexibility index (Phi) is 2.37. The monoisotopic (exact) mass is 213 g/mol. The molecule has 0 atom stereocenters. The molecule has 2 rings (SSSR count). The van der Waals surface area contributed by atoms with Crippen LogP contribution in [0.3, 0.4) is 0 Å². The van der Waals surface area contributed by atoms with Crippen LogP contribution in [0.2, 0.25) is 0 Å². The van der Waals surface area contributed by atoms with Crippen LogP contribution in [0.4, 0.5) is 5.69 Å². The van der Waals surface area contributed by atoms with E-state index in [-0.39, 0.29) is 0 Å². The number of hydrogen-bond donors (Lipinski definition) is 1. The van der Waals surface area contributed by atoms with Gasteiger partial charge in [-0.05, 0) is 30.7 Å². The molecule has 0 amide bonds. The summed E-state index contributed by atoms with van der Waals surface area (Å²) in [5.41, 5.74) is 8.45. The molecular weight excluding hydrogens is 202 g/mol. The smallest absolute Gasteiger partial charge is 0.143 e. The first-order valence-corrected chi connectivity index (χ1v) is 4.80. The Hall–Kier alpha value is -2.28. The Morgan fingerprint density at radius 2 is 2.12 bits per heavy atom. The summed E-state index contributed by atoms with van der Waals surface area (Å²) in [6.07, 6.45) is 0. The van der Waals surface area contributed by atoms with Crippen LogP contribution in [0.5, 0.6) is 5.75 Å². The zero-order valence-electron chi connectivity index (χ0n) is 9.11. The van der Waals surface area contributed by atoms with Crippen molar-refractivity contribution in [1.29, 1.82) is 5.26 Å². The maximum absolute atomic E-state index is 8.82. The first-order chi connectivity index (χ1) is 7.65. The van der Waals surface area contributed by atoms with Crippen molar-refractivity contribution in [2.75, 3.05) is 12.8 Å². The van der Waals surface area contributed by atoms with Crippen LogP contribution < -0.4 is 10.5 Å². The molecule has 0 unspecified atom stereocenters. The lowest BCUT2D eigenvalue weighted by molar-refractivity contribution is 0.415. The van der Waals surface area contributed by atoms with Crippen LogP contribution in [-0.4, -0.2) is 12.1 Å². The summed E-state index contributed by atoms with van der Waals surface area (Å²) < 4.78 is 5.17. The van der Waals surface area contributed by atoms with Crippen LogP contribution in [0.1, 0.15) is 11.3 Å². The van der Waals surface area contributed by atoms with Crippen molar-refractivity contribution >= 4 is 16.6 Å². The highest BCUT2D eigenvalue weighted by atomic mass is 16.5. The maximum atomic E-state index is 8.82. The van der Waals surface area contributed by atoms with Gasteiger partial charge in [-0.1, -0.05) is 0 Å². The van der Waals surface area contributed by atoms with Crippen LogP contribution in [0, 0.1) is 18.3 Å². The number of benzene rings is 1. The molecule has 16 heavy (non-hydrogen) atoms. The third-order valence-electron chi connectivity index (χ3n) is 2.46. The zero-order valence-corrected chi connectivity index (χ0v) is 9.11. The van der Waals surface area contributed by atoms with Gasteiger partial charge >= 0.3 is 0 Å². The number of ether oxygens (including phenoxy) is 1. The van der Waals surface area contributed by atoms with Gasteiger partial charge in [0.1, 0.15) is 17.5 Å². The molecule has 0 fully saturated rings. The minimum Gasteiger partial charge on any atom is -0.497 e. The molecule has 2 aromatic rings. The number of hydrogen-bond acceptors (Lipinski definition) is 4. The standard InChI is InChI=1S/C12H11N3O/c1-7-3-9(16-2)5-10-11(14)4-8(6-13)15-12(7)10/h3-5H,1-2H3,(H2,14,15). The van der Waals surface area contributed by atoms with E-state index >= 15 is 0 Å². The molecule has 0 saturated carbocycles. The number of nitrogens with two attached hydrogens (primary N) is 1. The Labute approximate surface area is 93.3 Å².